The van der Waals surface area contributed by atoms with Crippen LogP contribution < -0.4 is 4.74 Å². The maximum Gasteiger partial charge on any atom is 0.256 e. The molecule has 2 aromatic carbocycles. The van der Waals surface area contributed by atoms with E-state index in [1.54, 1.807) is 11.9 Å². The maximum atomic E-state index is 15.3. The Bertz CT molecular complexity index is 2200. The third-order valence-corrected chi connectivity index (χ3v) is 17.0. The Morgan fingerprint density at radius 2 is 1.08 bits per heavy atom. The summed E-state index contributed by atoms with van der Waals surface area (Å²) in [5.41, 5.74) is 4.49. The van der Waals surface area contributed by atoms with Gasteiger partial charge in [0.15, 0.2) is 0 Å². The van der Waals surface area contributed by atoms with Crippen molar-refractivity contribution in [1.29, 1.82) is 0 Å². The van der Waals surface area contributed by atoms with Gasteiger partial charge in [-0.15, -0.1) is 0 Å². The van der Waals surface area contributed by atoms with Crippen molar-refractivity contribution in [2.45, 2.75) is 205 Å². The van der Waals surface area contributed by atoms with Crippen molar-refractivity contribution in [1.82, 2.24) is 14.7 Å². The molecule has 326 valence electrons. The van der Waals surface area contributed by atoms with Crippen LogP contribution in [0.4, 0.5) is 0 Å². The van der Waals surface area contributed by atoms with Gasteiger partial charge in [-0.05, 0) is 183 Å². The number of hydrogen-bond donors (Lipinski definition) is 0. The number of nitrogens with zero attached hydrogens (tertiary/aromatic N) is 3. The number of piperidine rings is 1. The summed E-state index contributed by atoms with van der Waals surface area (Å²) in [5.74, 6) is 0.335. The molecule has 3 amide bonds. The van der Waals surface area contributed by atoms with Gasteiger partial charge in [-0.3, -0.25) is 14.4 Å². The molecular weight excluding hydrogens is 735 g/mol. The Morgan fingerprint density at radius 3 is 1.56 bits per heavy atom. The highest BCUT2D eigenvalue weighted by atomic mass is 16.5. The van der Waals surface area contributed by atoms with Gasteiger partial charge in [0, 0.05) is 34.7 Å². The van der Waals surface area contributed by atoms with Crippen LogP contribution in [0.1, 0.15) is 184 Å². The molecule has 2 fully saturated rings. The number of rotatable bonds is 6. The summed E-state index contributed by atoms with van der Waals surface area (Å²) in [7, 11) is 1.78. The molecule has 1 atom stereocenters. The van der Waals surface area contributed by atoms with Gasteiger partial charge < -0.3 is 24.2 Å². The number of carbonyl (C=O) groups excluding carboxylic acids is 3. The first-order chi connectivity index (χ1) is 26.2. The van der Waals surface area contributed by atoms with E-state index >= 15 is 4.79 Å². The Hall–Kier alpha value is -3.65. The summed E-state index contributed by atoms with van der Waals surface area (Å²) in [5, 5.41) is 0. The molecule has 59 heavy (non-hydrogen) atoms. The average Bonchev–Trinajstić information content (AvgIpc) is 3.29. The average molecular weight is 812 g/mol. The van der Waals surface area contributed by atoms with Crippen molar-refractivity contribution in [2.75, 3.05) is 7.05 Å². The molecule has 1 unspecified atom stereocenters. The summed E-state index contributed by atoms with van der Waals surface area (Å²) in [4.78, 5) is 50.0. The van der Waals surface area contributed by atoms with Crippen molar-refractivity contribution in [3.8, 4) is 5.75 Å². The van der Waals surface area contributed by atoms with E-state index in [0.29, 0.717) is 11.3 Å². The van der Waals surface area contributed by atoms with Crippen LogP contribution in [0.25, 0.3) is 0 Å². The third kappa shape index (κ3) is 5.65. The quantitative estimate of drug-likeness (QED) is 0.290. The van der Waals surface area contributed by atoms with Gasteiger partial charge in [-0.25, -0.2) is 0 Å². The van der Waals surface area contributed by atoms with Crippen LogP contribution in [0.15, 0.2) is 12.3 Å². The van der Waals surface area contributed by atoms with Crippen molar-refractivity contribution < 1.29 is 23.9 Å². The Balaban J connectivity index is 1.72. The lowest BCUT2D eigenvalue weighted by Gasteiger charge is -2.63. The van der Waals surface area contributed by atoms with Crippen LogP contribution in [0.2, 0.25) is 0 Å². The normalized spacial score (nSPS) is 24.5. The molecule has 2 aromatic rings. The number of ether oxygens (including phenoxy) is 2. The van der Waals surface area contributed by atoms with Gasteiger partial charge in [-0.2, -0.15) is 0 Å². The zero-order valence-corrected chi connectivity index (χ0v) is 41.6. The fourth-order valence-corrected chi connectivity index (χ4v) is 11.9. The molecule has 3 aliphatic heterocycles. The number of allylic oxidation sites excluding steroid dienone is 1. The number of fused-ring (bicyclic) bond motifs is 1. The number of hydrogen-bond acceptors (Lipinski definition) is 5. The van der Waals surface area contributed by atoms with E-state index in [1.165, 1.54) is 0 Å². The van der Waals surface area contributed by atoms with Crippen LogP contribution >= 0.6 is 0 Å². The predicted octanol–water partition coefficient (Wildman–Crippen LogP) is 11.1. The van der Waals surface area contributed by atoms with Crippen molar-refractivity contribution in [3.05, 3.63) is 73.5 Å². The smallest absolute Gasteiger partial charge is 0.256 e. The number of benzene rings is 2. The van der Waals surface area contributed by atoms with Gasteiger partial charge in [0.1, 0.15) is 22.5 Å². The molecule has 8 heteroatoms. The van der Waals surface area contributed by atoms with Crippen LogP contribution in [-0.2, 0) is 31.0 Å². The number of carbonyl (C=O) groups is 3. The Morgan fingerprint density at radius 1 is 0.627 bits per heavy atom. The summed E-state index contributed by atoms with van der Waals surface area (Å²) < 4.78 is 13.9. The van der Waals surface area contributed by atoms with Crippen LogP contribution in [-0.4, -0.2) is 61.7 Å². The molecular formula is C51H77N3O5. The fourth-order valence-electron chi connectivity index (χ4n) is 11.9. The number of likely N-dealkylation sites (tertiary alicyclic amines) is 1. The zero-order valence-electron chi connectivity index (χ0n) is 41.6. The minimum absolute atomic E-state index is 0.0359. The van der Waals surface area contributed by atoms with E-state index in [1.807, 2.05) is 32.6 Å². The second-order valence-corrected chi connectivity index (χ2v) is 22.5. The molecule has 0 N–H and O–H groups in total. The Labute approximate surface area is 357 Å². The lowest BCUT2D eigenvalue weighted by atomic mass is 9.53. The summed E-state index contributed by atoms with van der Waals surface area (Å²) in [6.45, 7) is 54.4. The molecule has 0 bridgehead atoms. The highest BCUT2D eigenvalue weighted by molar-refractivity contribution is 6.07. The summed E-state index contributed by atoms with van der Waals surface area (Å²) in [6.07, 6.45) is 0. The highest BCUT2D eigenvalue weighted by Gasteiger charge is 2.69. The molecule has 2 saturated heterocycles. The fraction of sp³-hybridized carbons (Fsp3) is 0.667. The van der Waals surface area contributed by atoms with Crippen molar-refractivity contribution in [3.63, 3.8) is 0 Å². The van der Waals surface area contributed by atoms with Crippen LogP contribution in [0.5, 0.6) is 5.75 Å². The van der Waals surface area contributed by atoms with Gasteiger partial charge >= 0.3 is 0 Å². The predicted molar refractivity (Wildman–Crippen MR) is 240 cm³/mol. The topological polar surface area (TPSA) is 79.4 Å². The SMILES string of the molecule is C=C1N(C)C(=O)C(C)(N2C(=O)c3c(C)c(C)c(C)c(OC(C)(C)c4c(C)c(C)c(C(C)(C)N5C(=O)C(C)(C)OC(C)(C)C5(C)C)c(C)c4C)c3C2(C)C)C(C)(C)C1(C)C. The molecule has 5 rings (SSSR count). The first kappa shape index (κ1) is 46.4. The van der Waals surface area contributed by atoms with E-state index < -0.39 is 49.8 Å². The lowest BCUT2D eigenvalue weighted by molar-refractivity contribution is -0.247. The van der Waals surface area contributed by atoms with Gasteiger partial charge in [0.25, 0.3) is 17.7 Å². The molecule has 0 spiro atoms. The van der Waals surface area contributed by atoms with E-state index in [9.17, 15) is 9.59 Å². The van der Waals surface area contributed by atoms with E-state index in [0.717, 1.165) is 61.3 Å². The summed E-state index contributed by atoms with van der Waals surface area (Å²) in [6, 6.07) is 0. The zero-order chi connectivity index (χ0) is 45.9. The number of morpholine rings is 1. The largest absolute Gasteiger partial charge is 0.482 e. The molecule has 0 radical (unpaired) electrons. The monoisotopic (exact) mass is 812 g/mol. The number of amides is 3. The van der Waals surface area contributed by atoms with E-state index in [2.05, 4.69) is 150 Å². The lowest BCUT2D eigenvalue weighted by Crippen LogP contribution is -2.75. The molecule has 3 heterocycles. The molecule has 8 nitrogen and oxygen atoms in total. The van der Waals surface area contributed by atoms with E-state index in [4.69, 9.17) is 9.47 Å². The molecule has 0 aliphatic carbocycles. The second kappa shape index (κ2) is 12.9. The molecule has 0 saturated carbocycles. The summed E-state index contributed by atoms with van der Waals surface area (Å²) >= 11 is 0. The number of likely N-dealkylation sites (N-methyl/N-ethyl adjacent to an activating group) is 1. The standard InChI is InChI=1S/C51H77N3O5/c1-27-28(2)35-38(45(13,14)53(40(35)55)51(25)42(57)52(26)34(8)43(9,10)48(51,19)20)39(33(27)7)58-46(15,16)37-31(5)29(3)36(30(4)32(37)6)44(11,12)54-41(56)47(17,18)59-50(23,24)49(54,21)22/h8H2,1-7,9-26H3. The molecule has 0 aromatic heterocycles. The maximum absolute atomic E-state index is 15.3. The van der Waals surface area contributed by atoms with Crippen molar-refractivity contribution in [2.24, 2.45) is 10.8 Å². The second-order valence-electron chi connectivity index (χ2n) is 22.5. The van der Waals surface area contributed by atoms with Gasteiger partial charge in [0.2, 0.25) is 0 Å². The first-order valence-corrected chi connectivity index (χ1v) is 21.5. The molecule has 3 aliphatic rings. The highest BCUT2D eigenvalue weighted by Crippen LogP contribution is 2.62. The Kier molecular flexibility index (Phi) is 10.2. The minimum atomic E-state index is -1.22. The third-order valence-electron chi connectivity index (χ3n) is 17.0. The first-order valence-electron chi connectivity index (χ1n) is 21.5. The van der Waals surface area contributed by atoms with E-state index in [-0.39, 0.29) is 17.7 Å². The van der Waals surface area contributed by atoms with Gasteiger partial charge in [0.05, 0.1) is 27.8 Å². The van der Waals surface area contributed by atoms with Crippen LogP contribution in [0.3, 0.4) is 0 Å². The van der Waals surface area contributed by atoms with Crippen LogP contribution in [0, 0.1) is 59.3 Å². The van der Waals surface area contributed by atoms with Gasteiger partial charge in [-0.1, -0.05) is 34.3 Å². The van der Waals surface area contributed by atoms with Crippen molar-refractivity contribution >= 4 is 17.7 Å². The minimum Gasteiger partial charge on any atom is -0.482 e.